The van der Waals surface area contributed by atoms with Crippen LogP contribution < -0.4 is 5.43 Å². The van der Waals surface area contributed by atoms with Crippen LogP contribution in [0.5, 0.6) is 28.7 Å². The van der Waals surface area contributed by atoms with Gasteiger partial charge in [0.25, 0.3) is 0 Å². The molecule has 0 aliphatic rings. The molecule has 0 saturated carbocycles. The Labute approximate surface area is 128 Å². The summed E-state index contributed by atoms with van der Waals surface area (Å²) in [7, 11) is 0. The highest BCUT2D eigenvalue weighted by Gasteiger charge is 2.19. The molecule has 5 N–H and O–H groups in total. The lowest BCUT2D eigenvalue weighted by Gasteiger charge is -2.09. The molecular weight excluding hydrogens is 304 g/mol. The van der Waals surface area contributed by atoms with Crippen LogP contribution >= 0.6 is 0 Å². The van der Waals surface area contributed by atoms with E-state index in [1.807, 2.05) is 0 Å². The van der Waals surface area contributed by atoms with Gasteiger partial charge in [-0.15, -0.1) is 0 Å². The maximum atomic E-state index is 12.6. The van der Waals surface area contributed by atoms with E-state index < -0.39 is 28.4 Å². The summed E-state index contributed by atoms with van der Waals surface area (Å²) in [5.41, 5.74) is -0.149. The SMILES string of the molecule is Cc1cc(-c2coc3cc(O)c(O)c(O)c3c2=O)cc(O)c1O. The van der Waals surface area contributed by atoms with E-state index in [2.05, 4.69) is 0 Å². The van der Waals surface area contributed by atoms with E-state index in [4.69, 9.17) is 4.42 Å². The molecule has 0 aliphatic carbocycles. The molecule has 2 aromatic carbocycles. The van der Waals surface area contributed by atoms with Crippen molar-refractivity contribution in [1.29, 1.82) is 0 Å². The molecule has 0 spiro atoms. The van der Waals surface area contributed by atoms with E-state index in [9.17, 15) is 30.3 Å². The fraction of sp³-hybridized carbons (Fsp3) is 0.0625. The molecule has 118 valence electrons. The predicted octanol–water partition coefficient (Wildman–Crippen LogP) is 2.30. The Morgan fingerprint density at radius 2 is 1.52 bits per heavy atom. The number of benzene rings is 2. The highest BCUT2D eigenvalue weighted by Crippen LogP contribution is 2.41. The molecule has 0 saturated heterocycles. The molecule has 1 heterocycles. The molecule has 7 nitrogen and oxygen atoms in total. The van der Waals surface area contributed by atoms with Gasteiger partial charge in [0.2, 0.25) is 11.2 Å². The lowest BCUT2D eigenvalue weighted by molar-refractivity contribution is 0.370. The summed E-state index contributed by atoms with van der Waals surface area (Å²) in [5.74, 6) is -2.95. The van der Waals surface area contributed by atoms with Crippen molar-refractivity contribution in [1.82, 2.24) is 0 Å². The van der Waals surface area contributed by atoms with Crippen molar-refractivity contribution < 1.29 is 29.9 Å². The van der Waals surface area contributed by atoms with Crippen molar-refractivity contribution in [2.45, 2.75) is 6.92 Å². The van der Waals surface area contributed by atoms with Crippen LogP contribution in [-0.2, 0) is 0 Å². The minimum Gasteiger partial charge on any atom is -0.504 e. The first-order valence-electron chi connectivity index (χ1n) is 6.53. The van der Waals surface area contributed by atoms with Gasteiger partial charge in [-0.1, -0.05) is 0 Å². The van der Waals surface area contributed by atoms with Crippen LogP contribution in [0.2, 0.25) is 0 Å². The Balaban J connectivity index is 2.37. The Kier molecular flexibility index (Phi) is 3.07. The van der Waals surface area contributed by atoms with Gasteiger partial charge in [0.1, 0.15) is 17.2 Å². The molecule has 0 fully saturated rings. The lowest BCUT2D eigenvalue weighted by Crippen LogP contribution is -2.05. The van der Waals surface area contributed by atoms with Gasteiger partial charge < -0.3 is 29.9 Å². The average molecular weight is 316 g/mol. The highest BCUT2D eigenvalue weighted by molar-refractivity contribution is 5.91. The van der Waals surface area contributed by atoms with E-state index >= 15 is 0 Å². The number of phenolic OH excluding ortho intramolecular Hbond substituents is 5. The smallest absolute Gasteiger partial charge is 0.204 e. The zero-order chi connectivity index (χ0) is 16.9. The fourth-order valence-corrected chi connectivity index (χ4v) is 2.36. The quantitative estimate of drug-likeness (QED) is 0.435. The third kappa shape index (κ3) is 2.10. The van der Waals surface area contributed by atoms with Gasteiger partial charge in [-0.05, 0) is 30.2 Å². The van der Waals surface area contributed by atoms with Crippen LogP contribution in [0.15, 0.2) is 33.7 Å². The zero-order valence-corrected chi connectivity index (χ0v) is 11.9. The Hall–Kier alpha value is -3.35. The van der Waals surface area contributed by atoms with Gasteiger partial charge in [-0.3, -0.25) is 4.79 Å². The normalized spacial score (nSPS) is 11.0. The first kappa shape index (κ1) is 14.6. The zero-order valence-electron chi connectivity index (χ0n) is 11.9. The second-order valence-corrected chi connectivity index (χ2v) is 5.11. The molecule has 0 unspecified atom stereocenters. The number of phenols is 5. The molecule has 0 bridgehead atoms. The molecule has 0 radical (unpaired) electrons. The number of hydrogen-bond acceptors (Lipinski definition) is 7. The fourth-order valence-electron chi connectivity index (χ4n) is 2.36. The molecular formula is C16H12O7. The van der Waals surface area contributed by atoms with Gasteiger partial charge in [-0.2, -0.15) is 0 Å². The van der Waals surface area contributed by atoms with Crippen LogP contribution in [0.25, 0.3) is 22.1 Å². The Morgan fingerprint density at radius 1 is 0.870 bits per heavy atom. The summed E-state index contributed by atoms with van der Waals surface area (Å²) < 4.78 is 5.23. The maximum Gasteiger partial charge on any atom is 0.204 e. The van der Waals surface area contributed by atoms with Crippen LogP contribution in [0, 0.1) is 6.92 Å². The monoisotopic (exact) mass is 316 g/mol. The standard InChI is InChI=1S/C16H12O7/c1-6-2-7(3-9(17)13(6)19)8-5-23-11-4-10(18)15(21)16(22)12(11)14(8)20/h2-5,17-19,21-22H,1H3. The third-order valence-electron chi connectivity index (χ3n) is 3.58. The van der Waals surface area contributed by atoms with Crippen molar-refractivity contribution in [3.05, 3.63) is 40.2 Å². The van der Waals surface area contributed by atoms with E-state index in [1.165, 1.54) is 12.1 Å². The van der Waals surface area contributed by atoms with E-state index in [-0.39, 0.29) is 27.8 Å². The first-order valence-corrected chi connectivity index (χ1v) is 6.53. The van der Waals surface area contributed by atoms with Gasteiger partial charge in [-0.25, -0.2) is 0 Å². The maximum absolute atomic E-state index is 12.6. The first-order chi connectivity index (χ1) is 10.8. The third-order valence-corrected chi connectivity index (χ3v) is 3.58. The number of aromatic hydroxyl groups is 5. The summed E-state index contributed by atoms with van der Waals surface area (Å²) in [6.07, 6.45) is 1.10. The molecule has 7 heteroatoms. The summed E-state index contributed by atoms with van der Waals surface area (Å²) in [6.45, 7) is 1.54. The molecule has 0 atom stereocenters. The number of fused-ring (bicyclic) bond motifs is 1. The van der Waals surface area contributed by atoms with Crippen LogP contribution in [0.1, 0.15) is 5.56 Å². The number of aryl methyl sites for hydroxylation is 1. The Morgan fingerprint density at radius 3 is 2.17 bits per heavy atom. The number of hydrogen-bond donors (Lipinski definition) is 5. The molecule has 0 amide bonds. The van der Waals surface area contributed by atoms with Crippen molar-refractivity contribution in [3.8, 4) is 39.9 Å². The van der Waals surface area contributed by atoms with E-state index in [0.29, 0.717) is 5.56 Å². The van der Waals surface area contributed by atoms with Crippen molar-refractivity contribution in [2.75, 3.05) is 0 Å². The molecule has 1 aromatic heterocycles. The molecule has 3 aromatic rings. The largest absolute Gasteiger partial charge is 0.504 e. The van der Waals surface area contributed by atoms with E-state index in [1.54, 1.807) is 6.92 Å². The summed E-state index contributed by atoms with van der Waals surface area (Å²) in [5, 5.41) is 47.8. The van der Waals surface area contributed by atoms with Gasteiger partial charge in [0.15, 0.2) is 23.0 Å². The van der Waals surface area contributed by atoms with Crippen LogP contribution in [0.3, 0.4) is 0 Å². The lowest BCUT2D eigenvalue weighted by atomic mass is 10.0. The van der Waals surface area contributed by atoms with Crippen LogP contribution in [0.4, 0.5) is 0 Å². The molecule has 0 aliphatic heterocycles. The van der Waals surface area contributed by atoms with Gasteiger partial charge in [0, 0.05) is 6.07 Å². The Bertz CT molecular complexity index is 978. The second-order valence-electron chi connectivity index (χ2n) is 5.11. The summed E-state index contributed by atoms with van der Waals surface area (Å²) >= 11 is 0. The average Bonchev–Trinajstić information content (AvgIpc) is 2.50. The number of rotatable bonds is 1. The molecule has 23 heavy (non-hydrogen) atoms. The minimum absolute atomic E-state index is 0.0105. The summed E-state index contributed by atoms with van der Waals surface area (Å²) in [4.78, 5) is 12.6. The molecule has 3 rings (SSSR count). The van der Waals surface area contributed by atoms with Crippen molar-refractivity contribution in [2.24, 2.45) is 0 Å². The predicted molar refractivity (Wildman–Crippen MR) is 81.0 cm³/mol. The minimum atomic E-state index is -0.827. The second kappa shape index (κ2) is 4.84. The van der Waals surface area contributed by atoms with Crippen LogP contribution in [-0.4, -0.2) is 25.5 Å². The van der Waals surface area contributed by atoms with Gasteiger partial charge in [0.05, 0.1) is 5.56 Å². The topological polar surface area (TPSA) is 131 Å². The van der Waals surface area contributed by atoms with Gasteiger partial charge >= 0.3 is 0 Å². The summed E-state index contributed by atoms with van der Waals surface area (Å²) in [6, 6.07) is 3.65. The highest BCUT2D eigenvalue weighted by atomic mass is 16.3. The van der Waals surface area contributed by atoms with E-state index in [0.717, 1.165) is 12.3 Å². The van der Waals surface area contributed by atoms with Crippen molar-refractivity contribution in [3.63, 3.8) is 0 Å². The van der Waals surface area contributed by atoms with Crippen molar-refractivity contribution >= 4 is 11.0 Å².